The highest BCUT2D eigenvalue weighted by molar-refractivity contribution is 6.30. The summed E-state index contributed by atoms with van der Waals surface area (Å²) in [6.07, 6.45) is 0.522. The molecular formula is C17H19ClN2O3. The Morgan fingerprint density at radius 2 is 1.83 bits per heavy atom. The lowest BCUT2D eigenvalue weighted by Gasteiger charge is -2.17. The second-order valence-electron chi connectivity index (χ2n) is 5.04. The van der Waals surface area contributed by atoms with Crippen molar-refractivity contribution in [1.29, 1.82) is 0 Å². The number of halogens is 1. The van der Waals surface area contributed by atoms with Crippen molar-refractivity contribution in [3.8, 4) is 5.75 Å². The third-order valence-corrected chi connectivity index (χ3v) is 3.55. The maximum absolute atomic E-state index is 12.0. The third kappa shape index (κ3) is 5.47. The molecule has 23 heavy (non-hydrogen) atoms. The van der Waals surface area contributed by atoms with Crippen molar-refractivity contribution in [2.24, 2.45) is 0 Å². The van der Waals surface area contributed by atoms with E-state index in [0.717, 1.165) is 11.3 Å². The third-order valence-electron chi connectivity index (χ3n) is 3.30. The van der Waals surface area contributed by atoms with Gasteiger partial charge in [0.1, 0.15) is 5.75 Å². The van der Waals surface area contributed by atoms with Gasteiger partial charge in [-0.1, -0.05) is 23.7 Å². The lowest BCUT2D eigenvalue weighted by molar-refractivity contribution is 0.224. The van der Waals surface area contributed by atoms with Crippen LogP contribution < -0.4 is 15.4 Å². The van der Waals surface area contributed by atoms with Gasteiger partial charge in [0.15, 0.2) is 0 Å². The minimum atomic E-state index is -0.379. The van der Waals surface area contributed by atoms with Gasteiger partial charge in [0, 0.05) is 10.7 Å². The van der Waals surface area contributed by atoms with Gasteiger partial charge in [0.25, 0.3) is 0 Å². The Morgan fingerprint density at radius 3 is 2.39 bits per heavy atom. The minimum Gasteiger partial charge on any atom is -0.497 e. The predicted octanol–water partition coefficient (Wildman–Crippen LogP) is 3.07. The monoisotopic (exact) mass is 334 g/mol. The smallest absolute Gasteiger partial charge is 0.319 e. The molecule has 0 aliphatic heterocycles. The maximum Gasteiger partial charge on any atom is 0.319 e. The molecule has 0 aromatic heterocycles. The van der Waals surface area contributed by atoms with Crippen molar-refractivity contribution < 1.29 is 14.6 Å². The number of methoxy groups -OCH3 is 1. The molecule has 2 amide bonds. The summed E-state index contributed by atoms with van der Waals surface area (Å²) in [5, 5.41) is 15.5. The molecule has 0 fully saturated rings. The minimum absolute atomic E-state index is 0.153. The maximum atomic E-state index is 12.0. The zero-order valence-corrected chi connectivity index (χ0v) is 13.5. The van der Waals surface area contributed by atoms with Gasteiger partial charge in [0.2, 0.25) is 0 Å². The molecule has 1 atom stereocenters. The number of hydrogen-bond acceptors (Lipinski definition) is 3. The number of nitrogens with one attached hydrogen (secondary N) is 2. The quantitative estimate of drug-likeness (QED) is 0.760. The molecule has 2 rings (SSSR count). The van der Waals surface area contributed by atoms with Gasteiger partial charge in [-0.2, -0.15) is 0 Å². The number of aliphatic hydroxyl groups excluding tert-OH is 1. The molecule has 3 N–H and O–H groups in total. The fourth-order valence-electron chi connectivity index (χ4n) is 2.09. The van der Waals surface area contributed by atoms with Crippen molar-refractivity contribution in [2.75, 3.05) is 19.0 Å². The van der Waals surface area contributed by atoms with Crippen molar-refractivity contribution >= 4 is 23.3 Å². The lowest BCUT2D eigenvalue weighted by atomic mass is 10.1. The van der Waals surface area contributed by atoms with Crippen molar-refractivity contribution in [3.63, 3.8) is 0 Å². The molecule has 122 valence electrons. The SMILES string of the molecule is COc1ccc(C[C@H](CO)NC(=O)Nc2ccc(Cl)cc2)cc1. The van der Waals surface area contributed by atoms with E-state index in [9.17, 15) is 9.90 Å². The van der Waals surface area contributed by atoms with Crippen LogP contribution in [0.15, 0.2) is 48.5 Å². The number of aliphatic hydroxyl groups is 1. The summed E-state index contributed by atoms with van der Waals surface area (Å²) in [5.74, 6) is 0.766. The molecule has 0 unspecified atom stereocenters. The van der Waals surface area contributed by atoms with Crippen LogP contribution in [0.5, 0.6) is 5.75 Å². The fourth-order valence-corrected chi connectivity index (χ4v) is 2.22. The van der Waals surface area contributed by atoms with Crippen molar-refractivity contribution in [1.82, 2.24) is 5.32 Å². The van der Waals surface area contributed by atoms with Crippen LogP contribution in [0.4, 0.5) is 10.5 Å². The summed E-state index contributed by atoms with van der Waals surface area (Å²) in [6, 6.07) is 13.5. The van der Waals surface area contributed by atoms with E-state index in [4.69, 9.17) is 16.3 Å². The molecule has 0 saturated heterocycles. The van der Waals surface area contributed by atoms with E-state index in [0.29, 0.717) is 17.1 Å². The Morgan fingerprint density at radius 1 is 1.17 bits per heavy atom. The van der Waals surface area contributed by atoms with Crippen LogP contribution in [0.25, 0.3) is 0 Å². The molecule has 0 aliphatic carbocycles. The predicted molar refractivity (Wildman–Crippen MR) is 91.2 cm³/mol. The molecule has 2 aromatic rings. The number of amides is 2. The highest BCUT2D eigenvalue weighted by Crippen LogP contribution is 2.14. The second kappa shape index (κ2) is 8.41. The van der Waals surface area contributed by atoms with Crippen LogP contribution in [0, 0.1) is 0 Å². The Kier molecular flexibility index (Phi) is 6.26. The number of carbonyl (C=O) groups is 1. The first-order chi connectivity index (χ1) is 11.1. The van der Waals surface area contributed by atoms with Gasteiger partial charge in [-0.05, 0) is 48.4 Å². The van der Waals surface area contributed by atoms with E-state index in [2.05, 4.69) is 10.6 Å². The normalized spacial score (nSPS) is 11.6. The highest BCUT2D eigenvalue weighted by Gasteiger charge is 2.12. The summed E-state index contributed by atoms with van der Waals surface area (Å²) in [6.45, 7) is -0.153. The number of hydrogen-bond donors (Lipinski definition) is 3. The zero-order valence-electron chi connectivity index (χ0n) is 12.8. The molecule has 0 bridgehead atoms. The van der Waals surface area contributed by atoms with E-state index in [-0.39, 0.29) is 18.7 Å². The van der Waals surface area contributed by atoms with Crippen molar-refractivity contribution in [3.05, 3.63) is 59.1 Å². The standard InChI is InChI=1S/C17H19ClN2O3/c1-23-16-8-2-12(3-9-16)10-15(11-21)20-17(22)19-14-6-4-13(18)5-7-14/h2-9,15,21H,10-11H2,1H3,(H2,19,20,22)/t15-/m1/s1. The van der Waals surface area contributed by atoms with Gasteiger partial charge in [-0.3, -0.25) is 0 Å². The first-order valence-corrected chi connectivity index (χ1v) is 7.55. The summed E-state index contributed by atoms with van der Waals surface area (Å²) in [4.78, 5) is 12.0. The Hall–Kier alpha value is -2.24. The van der Waals surface area contributed by atoms with E-state index in [1.807, 2.05) is 24.3 Å². The Bertz CT molecular complexity index is 629. The molecule has 0 radical (unpaired) electrons. The summed E-state index contributed by atoms with van der Waals surface area (Å²) >= 11 is 5.80. The van der Waals surface area contributed by atoms with Gasteiger partial charge in [-0.15, -0.1) is 0 Å². The average Bonchev–Trinajstić information content (AvgIpc) is 2.57. The molecule has 0 heterocycles. The topological polar surface area (TPSA) is 70.6 Å². The first kappa shape index (κ1) is 17.1. The van der Waals surface area contributed by atoms with Crippen LogP contribution in [-0.4, -0.2) is 30.9 Å². The Labute approximate surface area is 140 Å². The number of rotatable bonds is 6. The lowest BCUT2D eigenvalue weighted by Crippen LogP contribution is -2.41. The van der Waals surface area contributed by atoms with E-state index in [1.165, 1.54) is 0 Å². The van der Waals surface area contributed by atoms with Crippen LogP contribution in [-0.2, 0) is 6.42 Å². The second-order valence-corrected chi connectivity index (χ2v) is 5.47. The molecule has 0 aliphatic rings. The molecule has 0 spiro atoms. The van der Waals surface area contributed by atoms with Crippen LogP contribution >= 0.6 is 11.6 Å². The van der Waals surface area contributed by atoms with Gasteiger partial charge in [0.05, 0.1) is 19.8 Å². The average molecular weight is 335 g/mol. The number of carbonyl (C=O) groups excluding carboxylic acids is 1. The van der Waals surface area contributed by atoms with Gasteiger partial charge in [-0.25, -0.2) is 4.79 Å². The summed E-state index contributed by atoms with van der Waals surface area (Å²) in [5.41, 5.74) is 1.63. The van der Waals surface area contributed by atoms with E-state index in [1.54, 1.807) is 31.4 Å². The van der Waals surface area contributed by atoms with Gasteiger partial charge >= 0.3 is 6.03 Å². The molecular weight excluding hydrogens is 316 g/mol. The van der Waals surface area contributed by atoms with Crippen molar-refractivity contribution in [2.45, 2.75) is 12.5 Å². The highest BCUT2D eigenvalue weighted by atomic mass is 35.5. The van der Waals surface area contributed by atoms with Gasteiger partial charge < -0.3 is 20.5 Å². The Balaban J connectivity index is 1.89. The number of benzene rings is 2. The number of ether oxygens (including phenoxy) is 1. The summed E-state index contributed by atoms with van der Waals surface area (Å²) < 4.78 is 5.10. The zero-order chi connectivity index (χ0) is 16.7. The largest absolute Gasteiger partial charge is 0.497 e. The molecule has 6 heteroatoms. The van der Waals surface area contributed by atoms with Crippen LogP contribution in [0.3, 0.4) is 0 Å². The van der Waals surface area contributed by atoms with Crippen LogP contribution in [0.1, 0.15) is 5.56 Å². The molecule has 2 aromatic carbocycles. The van der Waals surface area contributed by atoms with E-state index >= 15 is 0 Å². The van der Waals surface area contributed by atoms with E-state index < -0.39 is 0 Å². The number of urea groups is 1. The molecule has 5 nitrogen and oxygen atoms in total. The van der Waals surface area contributed by atoms with Crippen LogP contribution in [0.2, 0.25) is 5.02 Å². The molecule has 0 saturated carbocycles. The number of anilines is 1. The first-order valence-electron chi connectivity index (χ1n) is 7.17. The summed E-state index contributed by atoms with van der Waals surface area (Å²) in [7, 11) is 1.61. The fraction of sp³-hybridized carbons (Fsp3) is 0.235.